The van der Waals surface area contributed by atoms with Crippen LogP contribution < -0.4 is 0 Å². The molecule has 2 aromatic carbocycles. The Morgan fingerprint density at radius 3 is 2.33 bits per heavy atom. The third kappa shape index (κ3) is 3.75. The molecule has 0 heterocycles. The predicted octanol–water partition coefficient (Wildman–Crippen LogP) is 4.75. The van der Waals surface area contributed by atoms with Crippen LogP contribution in [0.15, 0.2) is 60.7 Å². The second-order valence-electron chi connectivity index (χ2n) is 7.05. The van der Waals surface area contributed by atoms with Crippen LogP contribution in [0.1, 0.15) is 54.9 Å². The molecular formula is C23H26O4. The molecule has 0 aromatic heterocycles. The number of benzene rings is 2. The number of ether oxygens (including phenoxy) is 2. The smallest absolute Gasteiger partial charge is 0.338 e. The highest BCUT2D eigenvalue weighted by molar-refractivity contribution is 5.90. The van der Waals surface area contributed by atoms with Gasteiger partial charge in [-0.05, 0) is 43.9 Å². The number of esters is 2. The lowest BCUT2D eigenvalue weighted by Gasteiger charge is -2.38. The van der Waals surface area contributed by atoms with Crippen LogP contribution in [-0.2, 0) is 14.3 Å². The number of rotatable bonds is 6. The minimum absolute atomic E-state index is 0.117. The maximum absolute atomic E-state index is 13.1. The molecule has 0 N–H and O–H groups in total. The Hall–Kier alpha value is -2.62. The summed E-state index contributed by atoms with van der Waals surface area (Å²) in [7, 11) is 0. The first-order valence-corrected chi connectivity index (χ1v) is 9.57. The number of carbonyl (C=O) groups is 2. The summed E-state index contributed by atoms with van der Waals surface area (Å²) in [6.45, 7) is 4.14. The second-order valence-corrected chi connectivity index (χ2v) is 7.05. The van der Waals surface area contributed by atoms with Gasteiger partial charge in [0, 0.05) is 5.92 Å². The predicted molar refractivity (Wildman–Crippen MR) is 103 cm³/mol. The molecule has 0 bridgehead atoms. The monoisotopic (exact) mass is 366 g/mol. The van der Waals surface area contributed by atoms with E-state index in [2.05, 4.69) is 0 Å². The summed E-state index contributed by atoms with van der Waals surface area (Å²) < 4.78 is 11.3. The van der Waals surface area contributed by atoms with Gasteiger partial charge in [0.15, 0.2) is 0 Å². The molecule has 1 aliphatic carbocycles. The van der Waals surface area contributed by atoms with Gasteiger partial charge in [-0.1, -0.05) is 55.5 Å². The molecule has 27 heavy (non-hydrogen) atoms. The Bertz CT molecular complexity index is 771. The summed E-state index contributed by atoms with van der Waals surface area (Å²) in [5.41, 5.74) is 0.685. The Labute approximate surface area is 160 Å². The standard InChI is InChI=1S/C23H26O4/c1-3-26-22(25)23(17(2)18-11-6-4-7-12-18)16-10-15-20(23)27-21(24)19-13-8-5-9-14-19/h4-9,11-14,17,20H,3,10,15-16H2,1-2H3. The average molecular weight is 366 g/mol. The fraction of sp³-hybridized carbons (Fsp3) is 0.391. The van der Waals surface area contributed by atoms with Crippen molar-refractivity contribution in [3.05, 3.63) is 71.8 Å². The van der Waals surface area contributed by atoms with E-state index in [1.54, 1.807) is 31.2 Å². The maximum Gasteiger partial charge on any atom is 0.338 e. The van der Waals surface area contributed by atoms with Crippen molar-refractivity contribution in [1.82, 2.24) is 0 Å². The van der Waals surface area contributed by atoms with E-state index in [4.69, 9.17) is 9.47 Å². The van der Waals surface area contributed by atoms with Crippen molar-refractivity contribution in [1.29, 1.82) is 0 Å². The van der Waals surface area contributed by atoms with Crippen molar-refractivity contribution in [3.8, 4) is 0 Å². The fourth-order valence-corrected chi connectivity index (χ4v) is 4.14. The van der Waals surface area contributed by atoms with Gasteiger partial charge in [0.25, 0.3) is 0 Å². The molecule has 4 heteroatoms. The zero-order valence-electron chi connectivity index (χ0n) is 15.9. The van der Waals surface area contributed by atoms with Crippen LogP contribution >= 0.6 is 0 Å². The molecule has 0 saturated heterocycles. The lowest BCUT2D eigenvalue weighted by molar-refractivity contribution is -0.163. The molecule has 1 aliphatic rings. The molecule has 0 amide bonds. The van der Waals surface area contributed by atoms with E-state index >= 15 is 0 Å². The van der Waals surface area contributed by atoms with Gasteiger partial charge in [0.1, 0.15) is 11.5 Å². The molecule has 0 radical (unpaired) electrons. The largest absolute Gasteiger partial charge is 0.465 e. The molecule has 0 aliphatic heterocycles. The van der Waals surface area contributed by atoms with Crippen molar-refractivity contribution in [3.63, 3.8) is 0 Å². The van der Waals surface area contributed by atoms with Gasteiger partial charge in [-0.25, -0.2) is 4.79 Å². The Morgan fingerprint density at radius 1 is 1.07 bits per heavy atom. The lowest BCUT2D eigenvalue weighted by atomic mass is 9.70. The van der Waals surface area contributed by atoms with Crippen LogP contribution in [-0.4, -0.2) is 24.6 Å². The van der Waals surface area contributed by atoms with Crippen LogP contribution in [0.4, 0.5) is 0 Å². The second kappa shape index (κ2) is 8.38. The molecule has 2 aromatic rings. The first kappa shape index (κ1) is 19.2. The van der Waals surface area contributed by atoms with Crippen molar-refractivity contribution in [2.45, 2.75) is 45.1 Å². The summed E-state index contributed by atoms with van der Waals surface area (Å²) in [6, 6.07) is 18.8. The van der Waals surface area contributed by atoms with Gasteiger partial charge in [0.2, 0.25) is 0 Å². The van der Waals surface area contributed by atoms with E-state index in [0.717, 1.165) is 12.0 Å². The summed E-state index contributed by atoms with van der Waals surface area (Å²) in [5.74, 6) is -0.782. The molecule has 142 valence electrons. The minimum Gasteiger partial charge on any atom is -0.465 e. The van der Waals surface area contributed by atoms with E-state index in [1.165, 1.54) is 0 Å². The third-order valence-corrected chi connectivity index (χ3v) is 5.62. The Morgan fingerprint density at radius 2 is 1.70 bits per heavy atom. The lowest BCUT2D eigenvalue weighted by Crippen LogP contribution is -2.46. The molecule has 3 atom stereocenters. The van der Waals surface area contributed by atoms with E-state index in [1.807, 2.05) is 43.3 Å². The minimum atomic E-state index is -0.859. The van der Waals surface area contributed by atoms with Crippen LogP contribution in [0.5, 0.6) is 0 Å². The number of hydrogen-bond acceptors (Lipinski definition) is 4. The van der Waals surface area contributed by atoms with E-state index < -0.39 is 17.5 Å². The quantitative estimate of drug-likeness (QED) is 0.692. The van der Waals surface area contributed by atoms with Gasteiger partial charge >= 0.3 is 11.9 Å². The highest BCUT2D eigenvalue weighted by Gasteiger charge is 2.56. The Kier molecular flexibility index (Phi) is 5.94. The van der Waals surface area contributed by atoms with Crippen molar-refractivity contribution < 1.29 is 19.1 Å². The fourth-order valence-electron chi connectivity index (χ4n) is 4.14. The van der Waals surface area contributed by atoms with E-state index in [-0.39, 0.29) is 11.9 Å². The van der Waals surface area contributed by atoms with Crippen LogP contribution in [0, 0.1) is 5.41 Å². The van der Waals surface area contributed by atoms with Crippen molar-refractivity contribution in [2.75, 3.05) is 6.61 Å². The van der Waals surface area contributed by atoms with Gasteiger partial charge in [-0.15, -0.1) is 0 Å². The SMILES string of the molecule is CCOC(=O)C1(C(C)c2ccccc2)CCCC1OC(=O)c1ccccc1. The third-order valence-electron chi connectivity index (χ3n) is 5.62. The zero-order chi connectivity index (χ0) is 19.3. The van der Waals surface area contributed by atoms with Crippen LogP contribution in [0.2, 0.25) is 0 Å². The first-order valence-electron chi connectivity index (χ1n) is 9.57. The van der Waals surface area contributed by atoms with Crippen LogP contribution in [0.3, 0.4) is 0 Å². The number of carbonyl (C=O) groups excluding carboxylic acids is 2. The van der Waals surface area contributed by atoms with Crippen molar-refractivity contribution in [2.24, 2.45) is 5.41 Å². The average Bonchev–Trinajstić information content (AvgIpc) is 3.13. The topological polar surface area (TPSA) is 52.6 Å². The Balaban J connectivity index is 1.93. The van der Waals surface area contributed by atoms with Gasteiger partial charge in [0.05, 0.1) is 12.2 Å². The van der Waals surface area contributed by atoms with Crippen LogP contribution in [0.25, 0.3) is 0 Å². The van der Waals surface area contributed by atoms with E-state index in [9.17, 15) is 9.59 Å². The molecule has 1 fully saturated rings. The zero-order valence-corrected chi connectivity index (χ0v) is 15.9. The maximum atomic E-state index is 13.1. The summed E-state index contributed by atoms with van der Waals surface area (Å²) in [5, 5.41) is 0. The van der Waals surface area contributed by atoms with Gasteiger partial charge < -0.3 is 9.47 Å². The molecule has 3 rings (SSSR count). The normalized spacial score (nSPS) is 22.8. The summed E-state index contributed by atoms with van der Waals surface area (Å²) in [4.78, 5) is 25.8. The van der Waals surface area contributed by atoms with Gasteiger partial charge in [-0.3, -0.25) is 4.79 Å². The number of hydrogen-bond donors (Lipinski definition) is 0. The molecule has 4 nitrogen and oxygen atoms in total. The highest BCUT2D eigenvalue weighted by atomic mass is 16.6. The molecule has 0 spiro atoms. The van der Waals surface area contributed by atoms with Crippen molar-refractivity contribution >= 4 is 11.9 Å². The van der Waals surface area contributed by atoms with Gasteiger partial charge in [-0.2, -0.15) is 0 Å². The molecule has 1 saturated carbocycles. The summed E-state index contributed by atoms with van der Waals surface area (Å²) >= 11 is 0. The van der Waals surface area contributed by atoms with E-state index in [0.29, 0.717) is 25.0 Å². The highest BCUT2D eigenvalue weighted by Crippen LogP contribution is 2.51. The molecule has 3 unspecified atom stereocenters. The summed E-state index contributed by atoms with van der Waals surface area (Å²) in [6.07, 6.45) is 1.63. The first-order chi connectivity index (χ1) is 13.1. The molecular weight excluding hydrogens is 340 g/mol.